The zero-order chi connectivity index (χ0) is 13.8. The maximum Gasteiger partial charge on any atom is 0.287 e. The van der Waals surface area contributed by atoms with Crippen molar-refractivity contribution in [2.45, 2.75) is 32.2 Å². The Kier molecular flexibility index (Phi) is 4.31. The van der Waals surface area contributed by atoms with Gasteiger partial charge in [0, 0.05) is 18.7 Å². The second-order valence-corrected chi connectivity index (χ2v) is 5.13. The van der Waals surface area contributed by atoms with Crippen molar-refractivity contribution >= 4 is 11.5 Å². The molecule has 1 N–H and O–H groups in total. The molecule has 2 heterocycles. The molecular weight excluding hydrogens is 244 g/mol. The second-order valence-electron chi connectivity index (χ2n) is 5.13. The fraction of sp³-hybridized carbons (Fsp3) is 0.615. The molecule has 1 atom stereocenters. The van der Waals surface area contributed by atoms with Gasteiger partial charge in [-0.25, -0.2) is 4.98 Å². The molecule has 0 spiro atoms. The van der Waals surface area contributed by atoms with Crippen LogP contribution < -0.4 is 5.32 Å². The van der Waals surface area contributed by atoms with Gasteiger partial charge in [-0.15, -0.1) is 0 Å². The largest absolute Gasteiger partial charge is 0.368 e. The smallest absolute Gasteiger partial charge is 0.287 e. The fourth-order valence-electron chi connectivity index (χ4n) is 2.46. The predicted molar refractivity (Wildman–Crippen MR) is 74.4 cm³/mol. The van der Waals surface area contributed by atoms with E-state index in [0.29, 0.717) is 6.04 Å². The van der Waals surface area contributed by atoms with Gasteiger partial charge in [-0.2, -0.15) is 0 Å². The first-order valence-electron chi connectivity index (χ1n) is 6.63. The summed E-state index contributed by atoms with van der Waals surface area (Å²) in [7, 11) is 2.14. The van der Waals surface area contributed by atoms with Crippen LogP contribution in [0.2, 0.25) is 0 Å². The number of nitrogens with zero attached hydrogens (tertiary/aromatic N) is 3. The van der Waals surface area contributed by atoms with E-state index in [4.69, 9.17) is 0 Å². The molecule has 0 bridgehead atoms. The third kappa shape index (κ3) is 3.41. The molecule has 1 aromatic rings. The number of hydrogen-bond acceptors (Lipinski definition) is 5. The zero-order valence-electron chi connectivity index (χ0n) is 11.4. The predicted octanol–water partition coefficient (Wildman–Crippen LogP) is 2.19. The number of nitro groups is 1. The van der Waals surface area contributed by atoms with Gasteiger partial charge < -0.3 is 10.2 Å². The molecule has 0 aromatic carbocycles. The monoisotopic (exact) mass is 264 g/mol. The molecule has 1 unspecified atom stereocenters. The number of piperidine rings is 1. The van der Waals surface area contributed by atoms with Gasteiger partial charge in [-0.1, -0.05) is 6.42 Å². The maximum absolute atomic E-state index is 10.7. The van der Waals surface area contributed by atoms with Crippen LogP contribution in [0.4, 0.5) is 11.5 Å². The van der Waals surface area contributed by atoms with Gasteiger partial charge >= 0.3 is 0 Å². The van der Waals surface area contributed by atoms with Crippen LogP contribution in [-0.2, 0) is 0 Å². The molecule has 0 amide bonds. The van der Waals surface area contributed by atoms with E-state index in [1.165, 1.54) is 25.5 Å². The van der Waals surface area contributed by atoms with E-state index in [1.54, 1.807) is 6.07 Å². The lowest BCUT2D eigenvalue weighted by Gasteiger charge is -2.32. The summed E-state index contributed by atoms with van der Waals surface area (Å²) in [6.07, 6.45) is 5.03. The van der Waals surface area contributed by atoms with Gasteiger partial charge in [0.1, 0.15) is 12.0 Å². The highest BCUT2D eigenvalue weighted by Crippen LogP contribution is 2.19. The van der Waals surface area contributed by atoms with E-state index in [2.05, 4.69) is 22.2 Å². The minimum Gasteiger partial charge on any atom is -0.368 e. The van der Waals surface area contributed by atoms with Crippen molar-refractivity contribution in [1.29, 1.82) is 0 Å². The first-order valence-corrected chi connectivity index (χ1v) is 6.63. The molecule has 6 nitrogen and oxygen atoms in total. The highest BCUT2D eigenvalue weighted by Gasteiger charge is 2.19. The van der Waals surface area contributed by atoms with E-state index < -0.39 is 4.92 Å². The first-order chi connectivity index (χ1) is 9.08. The number of anilines is 1. The van der Waals surface area contributed by atoms with Crippen LogP contribution in [-0.4, -0.2) is 41.0 Å². The summed E-state index contributed by atoms with van der Waals surface area (Å²) in [6.45, 7) is 3.81. The number of rotatable bonds is 4. The average Bonchev–Trinajstić information content (AvgIpc) is 2.39. The van der Waals surface area contributed by atoms with Crippen molar-refractivity contribution in [2.75, 3.05) is 25.5 Å². The molecule has 104 valence electrons. The number of pyridine rings is 1. The normalized spacial score (nSPS) is 20.2. The van der Waals surface area contributed by atoms with Crippen molar-refractivity contribution in [3.05, 3.63) is 27.9 Å². The van der Waals surface area contributed by atoms with Crippen LogP contribution in [0.25, 0.3) is 0 Å². The lowest BCUT2D eigenvalue weighted by molar-refractivity contribution is -0.385. The van der Waals surface area contributed by atoms with E-state index in [9.17, 15) is 10.1 Å². The average molecular weight is 264 g/mol. The fourth-order valence-corrected chi connectivity index (χ4v) is 2.46. The van der Waals surface area contributed by atoms with Crippen molar-refractivity contribution < 1.29 is 4.92 Å². The van der Waals surface area contributed by atoms with Crippen LogP contribution in [0.3, 0.4) is 0 Å². The molecule has 19 heavy (non-hydrogen) atoms. The molecule has 1 saturated heterocycles. The van der Waals surface area contributed by atoms with Crippen molar-refractivity contribution in [1.82, 2.24) is 9.88 Å². The van der Waals surface area contributed by atoms with E-state index in [-0.39, 0.29) is 5.69 Å². The number of nitrogens with one attached hydrogen (secondary N) is 1. The van der Waals surface area contributed by atoms with Gasteiger partial charge in [0.25, 0.3) is 5.69 Å². The number of hydrogen-bond donors (Lipinski definition) is 1. The van der Waals surface area contributed by atoms with Crippen LogP contribution in [0, 0.1) is 17.0 Å². The van der Waals surface area contributed by atoms with Gasteiger partial charge in [0.15, 0.2) is 0 Å². The Morgan fingerprint density at radius 1 is 1.58 bits per heavy atom. The van der Waals surface area contributed by atoms with Crippen LogP contribution in [0.1, 0.15) is 24.8 Å². The summed E-state index contributed by atoms with van der Waals surface area (Å²) in [5.74, 6) is 0.740. The van der Waals surface area contributed by atoms with Gasteiger partial charge in [0.2, 0.25) is 0 Å². The molecule has 1 aromatic heterocycles. The molecule has 1 fully saturated rings. The van der Waals surface area contributed by atoms with E-state index >= 15 is 0 Å². The molecular formula is C13H20N4O2. The quantitative estimate of drug-likeness (QED) is 0.666. The molecule has 2 rings (SSSR count). The lowest BCUT2D eigenvalue weighted by Crippen LogP contribution is -2.40. The number of likely N-dealkylation sites (tertiary alicyclic amines) is 1. The molecule has 1 aliphatic rings. The second kappa shape index (κ2) is 5.97. The van der Waals surface area contributed by atoms with Gasteiger partial charge in [-0.3, -0.25) is 10.1 Å². The molecule has 6 heteroatoms. The number of aromatic nitrogens is 1. The van der Waals surface area contributed by atoms with E-state index in [1.807, 2.05) is 6.92 Å². The molecule has 1 aliphatic heterocycles. The number of aryl methyl sites for hydroxylation is 1. The topological polar surface area (TPSA) is 71.3 Å². The summed E-state index contributed by atoms with van der Waals surface area (Å²) in [5.41, 5.74) is 0.852. The zero-order valence-corrected chi connectivity index (χ0v) is 11.4. The molecule has 0 radical (unpaired) electrons. The lowest BCUT2D eigenvalue weighted by atomic mass is 10.0. The van der Waals surface area contributed by atoms with Crippen LogP contribution in [0.5, 0.6) is 0 Å². The molecule has 0 saturated carbocycles. The highest BCUT2D eigenvalue weighted by molar-refractivity contribution is 5.48. The maximum atomic E-state index is 10.7. The van der Waals surface area contributed by atoms with Gasteiger partial charge in [0.05, 0.1) is 4.92 Å². The Morgan fingerprint density at radius 2 is 2.37 bits per heavy atom. The summed E-state index contributed by atoms with van der Waals surface area (Å²) < 4.78 is 0. The first kappa shape index (κ1) is 13.7. The third-order valence-electron chi connectivity index (χ3n) is 3.70. The standard InChI is InChI=1S/C13H20N4O2/c1-10-7-12(17(18)19)9-15-13(10)14-8-11-5-3-4-6-16(11)2/h7,9,11H,3-6,8H2,1-2H3,(H,14,15). The van der Waals surface area contributed by atoms with Crippen molar-refractivity contribution in [3.63, 3.8) is 0 Å². The third-order valence-corrected chi connectivity index (χ3v) is 3.70. The van der Waals surface area contributed by atoms with Crippen molar-refractivity contribution in [3.8, 4) is 0 Å². The van der Waals surface area contributed by atoms with E-state index in [0.717, 1.165) is 24.5 Å². The highest BCUT2D eigenvalue weighted by atomic mass is 16.6. The Labute approximate surface area is 113 Å². The summed E-state index contributed by atoms with van der Waals surface area (Å²) >= 11 is 0. The van der Waals surface area contributed by atoms with Crippen molar-refractivity contribution in [2.24, 2.45) is 0 Å². The number of likely N-dealkylation sites (N-methyl/N-ethyl adjacent to an activating group) is 1. The van der Waals surface area contributed by atoms with Gasteiger partial charge in [-0.05, 0) is 38.9 Å². The Morgan fingerprint density at radius 3 is 3.00 bits per heavy atom. The SMILES string of the molecule is Cc1cc([N+](=O)[O-])cnc1NCC1CCCCN1C. The Bertz CT molecular complexity index is 464. The minimum absolute atomic E-state index is 0.0397. The Hall–Kier alpha value is -1.69. The van der Waals surface area contributed by atoms with Crippen LogP contribution in [0.15, 0.2) is 12.3 Å². The molecule has 0 aliphatic carbocycles. The summed E-state index contributed by atoms with van der Waals surface area (Å²) in [4.78, 5) is 16.7. The Balaban J connectivity index is 1.97. The minimum atomic E-state index is -0.418. The summed E-state index contributed by atoms with van der Waals surface area (Å²) in [6, 6.07) is 2.07. The van der Waals surface area contributed by atoms with Crippen LogP contribution >= 0.6 is 0 Å². The summed E-state index contributed by atoms with van der Waals surface area (Å²) in [5, 5.41) is 14.0.